The van der Waals surface area contributed by atoms with E-state index in [9.17, 15) is 0 Å². The number of hydrogen-bond donors (Lipinski definition) is 0. The van der Waals surface area contributed by atoms with Crippen molar-refractivity contribution in [1.82, 2.24) is 0 Å². The van der Waals surface area contributed by atoms with Gasteiger partial charge in [0, 0.05) is 0 Å². The van der Waals surface area contributed by atoms with Gasteiger partial charge in [-0.15, -0.1) is 0 Å². The van der Waals surface area contributed by atoms with Crippen LogP contribution in [0.1, 0.15) is 47.0 Å². The first-order chi connectivity index (χ1) is 5.91. The van der Waals surface area contributed by atoms with Crippen molar-refractivity contribution in [3.05, 3.63) is 0 Å². The lowest BCUT2D eigenvalue weighted by Crippen LogP contribution is -2.44. The summed E-state index contributed by atoms with van der Waals surface area (Å²) in [5.41, 5.74) is -0.260. The Hall–Kier alpha value is -0.0151. The Morgan fingerprint density at radius 3 is 2.15 bits per heavy atom. The molecule has 76 valence electrons. The third-order valence-corrected chi connectivity index (χ3v) is 3.17. The van der Waals surface area contributed by atoms with Crippen LogP contribution in [0.15, 0.2) is 0 Å². The fourth-order valence-corrected chi connectivity index (χ4v) is 1.95. The molecule has 1 aliphatic heterocycles. The second-order valence-electron chi connectivity index (χ2n) is 4.65. The molecule has 1 atom stereocenters. The molecular weight excluding hydrogens is 163 g/mol. The van der Waals surface area contributed by atoms with Crippen LogP contribution in [0.25, 0.3) is 0 Å². The molecule has 1 unspecified atom stereocenters. The smallest absolute Gasteiger partial charge is 0.403 e. The number of unbranched alkanes of at least 4 members (excludes halogenated alkanes) is 1. The molecule has 3 heteroatoms. The lowest BCUT2D eigenvalue weighted by atomic mass is 9.83. The van der Waals surface area contributed by atoms with Gasteiger partial charge >= 0.3 is 7.12 Å². The molecule has 2 nitrogen and oxygen atoms in total. The van der Waals surface area contributed by atoms with Crippen LogP contribution in [-0.2, 0) is 9.31 Å². The molecule has 1 fully saturated rings. The SMILES string of the molecule is CCCCC1(C)OB(C)OC1(C)C. The van der Waals surface area contributed by atoms with Gasteiger partial charge in [-0.05, 0) is 34.0 Å². The van der Waals surface area contributed by atoms with Crippen LogP contribution in [0.3, 0.4) is 0 Å². The summed E-state index contributed by atoms with van der Waals surface area (Å²) in [7, 11) is -0.0585. The lowest BCUT2D eigenvalue weighted by molar-refractivity contribution is -0.0169. The zero-order chi connectivity index (χ0) is 10.1. The minimum absolute atomic E-state index is 0.0585. The first-order valence-corrected chi connectivity index (χ1v) is 5.27. The summed E-state index contributed by atoms with van der Waals surface area (Å²) in [5.74, 6) is 0. The van der Waals surface area contributed by atoms with Crippen LogP contribution in [-0.4, -0.2) is 18.3 Å². The molecule has 0 radical (unpaired) electrons. The van der Waals surface area contributed by atoms with Crippen LogP contribution < -0.4 is 0 Å². The quantitative estimate of drug-likeness (QED) is 0.628. The molecule has 0 aromatic heterocycles. The highest BCUT2D eigenvalue weighted by Crippen LogP contribution is 2.40. The van der Waals surface area contributed by atoms with E-state index in [-0.39, 0.29) is 18.3 Å². The van der Waals surface area contributed by atoms with Crippen molar-refractivity contribution in [2.75, 3.05) is 0 Å². The summed E-state index contributed by atoms with van der Waals surface area (Å²) >= 11 is 0. The molecular formula is C10H21BO2. The van der Waals surface area contributed by atoms with E-state index < -0.39 is 0 Å². The van der Waals surface area contributed by atoms with Gasteiger partial charge in [-0.1, -0.05) is 19.8 Å². The van der Waals surface area contributed by atoms with Crippen molar-refractivity contribution in [2.24, 2.45) is 0 Å². The van der Waals surface area contributed by atoms with Crippen LogP contribution in [0, 0.1) is 0 Å². The first kappa shape index (κ1) is 11.1. The van der Waals surface area contributed by atoms with Crippen LogP contribution in [0.5, 0.6) is 0 Å². The zero-order valence-corrected chi connectivity index (χ0v) is 9.52. The Bertz CT molecular complexity index is 182. The largest absolute Gasteiger partial charge is 0.454 e. The number of hydrogen-bond acceptors (Lipinski definition) is 2. The molecule has 0 spiro atoms. The predicted molar refractivity (Wildman–Crippen MR) is 55.8 cm³/mol. The number of rotatable bonds is 3. The van der Waals surface area contributed by atoms with Crippen molar-refractivity contribution in [3.63, 3.8) is 0 Å². The average Bonchev–Trinajstić information content (AvgIpc) is 2.17. The molecule has 0 aromatic rings. The molecule has 1 heterocycles. The maximum Gasteiger partial charge on any atom is 0.454 e. The fourth-order valence-electron chi connectivity index (χ4n) is 1.95. The second kappa shape index (κ2) is 3.62. The summed E-state index contributed by atoms with van der Waals surface area (Å²) in [5, 5.41) is 0. The van der Waals surface area contributed by atoms with E-state index in [1.807, 2.05) is 6.82 Å². The van der Waals surface area contributed by atoms with Crippen molar-refractivity contribution < 1.29 is 9.31 Å². The van der Waals surface area contributed by atoms with Gasteiger partial charge in [0.05, 0.1) is 11.2 Å². The van der Waals surface area contributed by atoms with Crippen molar-refractivity contribution >= 4 is 7.12 Å². The maximum absolute atomic E-state index is 5.84. The monoisotopic (exact) mass is 184 g/mol. The highest BCUT2D eigenvalue weighted by Gasteiger charge is 2.51. The standard InChI is InChI=1S/C10H21BO2/c1-6-7-8-10(4)9(2,3)12-11(5)13-10/h6-8H2,1-5H3. The summed E-state index contributed by atoms with van der Waals surface area (Å²) in [6, 6.07) is 0. The highest BCUT2D eigenvalue weighted by molar-refractivity contribution is 6.43. The van der Waals surface area contributed by atoms with E-state index in [1.165, 1.54) is 12.8 Å². The third-order valence-electron chi connectivity index (χ3n) is 3.17. The van der Waals surface area contributed by atoms with E-state index in [2.05, 4.69) is 27.7 Å². The molecule has 0 amide bonds. The van der Waals surface area contributed by atoms with Gasteiger partial charge in [-0.25, -0.2) is 0 Å². The molecule has 0 saturated carbocycles. The summed E-state index contributed by atoms with van der Waals surface area (Å²) in [6.45, 7) is 10.6. The Morgan fingerprint density at radius 2 is 1.77 bits per heavy atom. The van der Waals surface area contributed by atoms with Crippen molar-refractivity contribution in [3.8, 4) is 0 Å². The Kier molecular flexibility index (Phi) is 3.08. The van der Waals surface area contributed by atoms with E-state index in [0.717, 1.165) is 6.42 Å². The van der Waals surface area contributed by atoms with E-state index in [0.29, 0.717) is 0 Å². The van der Waals surface area contributed by atoms with Crippen LogP contribution in [0.4, 0.5) is 0 Å². The normalized spacial score (nSPS) is 32.5. The topological polar surface area (TPSA) is 18.5 Å². The average molecular weight is 184 g/mol. The summed E-state index contributed by atoms with van der Waals surface area (Å²) < 4.78 is 11.6. The molecule has 0 N–H and O–H groups in total. The minimum atomic E-state index is -0.151. The van der Waals surface area contributed by atoms with Gasteiger partial charge in [0.1, 0.15) is 0 Å². The van der Waals surface area contributed by atoms with Gasteiger partial charge < -0.3 is 9.31 Å². The van der Waals surface area contributed by atoms with Gasteiger partial charge in [0.15, 0.2) is 0 Å². The van der Waals surface area contributed by atoms with E-state index in [1.54, 1.807) is 0 Å². The Morgan fingerprint density at radius 1 is 1.15 bits per heavy atom. The van der Waals surface area contributed by atoms with Gasteiger partial charge in [0.25, 0.3) is 0 Å². The van der Waals surface area contributed by atoms with E-state index >= 15 is 0 Å². The lowest BCUT2D eigenvalue weighted by Gasteiger charge is -2.36. The second-order valence-corrected chi connectivity index (χ2v) is 4.65. The molecule has 13 heavy (non-hydrogen) atoms. The summed E-state index contributed by atoms with van der Waals surface area (Å²) in [4.78, 5) is 0. The van der Waals surface area contributed by atoms with Crippen LogP contribution >= 0.6 is 0 Å². The Labute approximate surface area is 82.1 Å². The molecule has 0 bridgehead atoms. The van der Waals surface area contributed by atoms with Gasteiger partial charge in [-0.3, -0.25) is 0 Å². The maximum atomic E-state index is 5.84. The van der Waals surface area contributed by atoms with Crippen molar-refractivity contribution in [2.45, 2.75) is 65.0 Å². The van der Waals surface area contributed by atoms with Gasteiger partial charge in [-0.2, -0.15) is 0 Å². The van der Waals surface area contributed by atoms with Gasteiger partial charge in [0.2, 0.25) is 0 Å². The highest BCUT2D eigenvalue weighted by atomic mass is 16.7. The minimum Gasteiger partial charge on any atom is -0.403 e. The van der Waals surface area contributed by atoms with Crippen molar-refractivity contribution in [1.29, 1.82) is 0 Å². The molecule has 1 saturated heterocycles. The molecule has 1 aliphatic rings. The third kappa shape index (κ3) is 2.08. The first-order valence-electron chi connectivity index (χ1n) is 5.27. The fraction of sp³-hybridized carbons (Fsp3) is 1.00. The predicted octanol–water partition coefficient (Wildman–Crippen LogP) is 2.88. The molecule has 0 aliphatic carbocycles. The zero-order valence-electron chi connectivity index (χ0n) is 9.52. The summed E-state index contributed by atoms with van der Waals surface area (Å²) in [6.07, 6.45) is 3.50. The molecule has 1 rings (SSSR count). The molecule has 0 aromatic carbocycles. The van der Waals surface area contributed by atoms with E-state index in [4.69, 9.17) is 9.31 Å². The van der Waals surface area contributed by atoms with Crippen LogP contribution in [0.2, 0.25) is 6.82 Å². The Balaban J connectivity index is 2.65.